The number of phenolic OH excluding ortho intramolecular Hbond substituents is 1. The van der Waals surface area contributed by atoms with Crippen LogP contribution in [0.2, 0.25) is 0 Å². The van der Waals surface area contributed by atoms with Crippen molar-refractivity contribution in [1.82, 2.24) is 4.98 Å². The van der Waals surface area contributed by atoms with E-state index in [1.807, 2.05) is 29.6 Å². The Morgan fingerprint density at radius 1 is 1.08 bits per heavy atom. The Hall–Kier alpha value is -1.22. The number of thiazole rings is 1. The molecule has 0 atom stereocenters. The SMILES string of the molecule is O=C(Nc1nc(-c2ccc(Br)cc2)cs1)c1cc(Br)cc(Br)c1O. The lowest BCUT2D eigenvalue weighted by atomic mass is 10.2. The van der Waals surface area contributed by atoms with Gasteiger partial charge in [-0.2, -0.15) is 0 Å². The van der Waals surface area contributed by atoms with Crippen LogP contribution in [0.4, 0.5) is 5.13 Å². The molecule has 0 aliphatic carbocycles. The van der Waals surface area contributed by atoms with Crippen molar-refractivity contribution < 1.29 is 9.90 Å². The number of aromatic hydroxyl groups is 1. The van der Waals surface area contributed by atoms with Gasteiger partial charge in [0.05, 0.1) is 15.7 Å². The highest BCUT2D eigenvalue weighted by atomic mass is 79.9. The van der Waals surface area contributed by atoms with Gasteiger partial charge in [-0.3, -0.25) is 10.1 Å². The third kappa shape index (κ3) is 3.88. The molecular weight excluding hydrogens is 524 g/mol. The highest BCUT2D eigenvalue weighted by molar-refractivity contribution is 9.11. The van der Waals surface area contributed by atoms with E-state index in [0.29, 0.717) is 14.1 Å². The second-order valence-electron chi connectivity index (χ2n) is 4.78. The van der Waals surface area contributed by atoms with E-state index in [9.17, 15) is 9.90 Å². The predicted molar refractivity (Wildman–Crippen MR) is 107 cm³/mol. The average molecular weight is 533 g/mol. The minimum absolute atomic E-state index is 0.111. The Labute approximate surface area is 167 Å². The molecule has 4 nitrogen and oxygen atoms in total. The number of halogens is 3. The number of amides is 1. The fourth-order valence-electron chi connectivity index (χ4n) is 1.99. The molecule has 24 heavy (non-hydrogen) atoms. The van der Waals surface area contributed by atoms with Gasteiger partial charge in [0, 0.05) is 19.9 Å². The number of hydrogen-bond donors (Lipinski definition) is 2. The first-order valence-electron chi connectivity index (χ1n) is 6.65. The molecule has 3 rings (SSSR count). The standard InChI is InChI=1S/C16H9Br3N2O2S/c17-9-3-1-8(2-4-9)13-7-24-16(20-13)21-15(23)11-5-10(18)6-12(19)14(11)22/h1-7,22H,(H,20,21,23). The summed E-state index contributed by atoms with van der Waals surface area (Å²) in [5.41, 5.74) is 1.90. The lowest BCUT2D eigenvalue weighted by Gasteiger charge is -2.07. The molecule has 0 radical (unpaired) electrons. The number of phenols is 1. The molecular formula is C16H9Br3N2O2S. The molecule has 2 N–H and O–H groups in total. The quantitative estimate of drug-likeness (QED) is 0.431. The van der Waals surface area contributed by atoms with Gasteiger partial charge < -0.3 is 5.11 Å². The van der Waals surface area contributed by atoms with Crippen LogP contribution in [0, 0.1) is 0 Å². The van der Waals surface area contributed by atoms with Crippen molar-refractivity contribution in [2.24, 2.45) is 0 Å². The third-order valence-corrected chi connectivity index (χ3v) is 5.49. The maximum Gasteiger partial charge on any atom is 0.261 e. The Morgan fingerprint density at radius 2 is 1.79 bits per heavy atom. The molecule has 2 aromatic carbocycles. The van der Waals surface area contributed by atoms with Crippen LogP contribution in [0.25, 0.3) is 11.3 Å². The van der Waals surface area contributed by atoms with E-state index in [2.05, 4.69) is 58.1 Å². The zero-order valence-electron chi connectivity index (χ0n) is 11.9. The lowest BCUT2D eigenvalue weighted by molar-refractivity contribution is 0.102. The lowest BCUT2D eigenvalue weighted by Crippen LogP contribution is -2.12. The van der Waals surface area contributed by atoms with Gasteiger partial charge in [0.15, 0.2) is 5.13 Å². The molecule has 8 heteroatoms. The second kappa shape index (κ2) is 7.35. The van der Waals surface area contributed by atoms with Crippen LogP contribution in [0.3, 0.4) is 0 Å². The Kier molecular flexibility index (Phi) is 5.39. The van der Waals surface area contributed by atoms with Crippen LogP contribution < -0.4 is 5.32 Å². The Bertz CT molecular complexity index is 910. The maximum atomic E-state index is 12.4. The van der Waals surface area contributed by atoms with Gasteiger partial charge in [-0.25, -0.2) is 4.98 Å². The topological polar surface area (TPSA) is 62.2 Å². The third-order valence-electron chi connectivity index (χ3n) is 3.14. The summed E-state index contributed by atoms with van der Waals surface area (Å²) < 4.78 is 2.12. The molecule has 0 saturated heterocycles. The van der Waals surface area contributed by atoms with Gasteiger partial charge in [0.1, 0.15) is 5.75 Å². The molecule has 1 heterocycles. The largest absolute Gasteiger partial charge is 0.506 e. The van der Waals surface area contributed by atoms with Crippen LogP contribution >= 0.6 is 59.1 Å². The van der Waals surface area contributed by atoms with Crippen LogP contribution in [0.1, 0.15) is 10.4 Å². The van der Waals surface area contributed by atoms with Crippen LogP contribution in [-0.2, 0) is 0 Å². The summed E-state index contributed by atoms with van der Waals surface area (Å²) in [6.45, 7) is 0. The zero-order valence-corrected chi connectivity index (χ0v) is 17.5. The molecule has 1 aromatic heterocycles. The summed E-state index contributed by atoms with van der Waals surface area (Å²) in [4.78, 5) is 16.8. The number of carbonyl (C=O) groups is 1. The van der Waals surface area contributed by atoms with E-state index >= 15 is 0 Å². The highest BCUT2D eigenvalue weighted by Crippen LogP contribution is 2.33. The van der Waals surface area contributed by atoms with E-state index in [4.69, 9.17) is 0 Å². The maximum absolute atomic E-state index is 12.4. The van der Waals surface area contributed by atoms with Crippen molar-refractivity contribution in [2.75, 3.05) is 5.32 Å². The highest BCUT2D eigenvalue weighted by Gasteiger charge is 2.16. The number of nitrogens with zero attached hydrogens (tertiary/aromatic N) is 1. The molecule has 0 aliphatic heterocycles. The molecule has 0 fully saturated rings. The first-order valence-corrected chi connectivity index (χ1v) is 9.91. The van der Waals surface area contributed by atoms with Crippen LogP contribution in [0.5, 0.6) is 5.75 Å². The fourth-order valence-corrected chi connectivity index (χ4v) is 4.19. The molecule has 3 aromatic rings. The molecule has 1 amide bonds. The number of aromatic nitrogens is 1. The van der Waals surface area contributed by atoms with E-state index < -0.39 is 5.91 Å². The second-order valence-corrected chi connectivity index (χ2v) is 8.33. The van der Waals surface area contributed by atoms with E-state index in [1.54, 1.807) is 12.1 Å². The molecule has 0 unspecified atom stereocenters. The molecule has 0 aliphatic rings. The fraction of sp³-hybridized carbons (Fsp3) is 0. The summed E-state index contributed by atoms with van der Waals surface area (Å²) >= 11 is 11.2. The zero-order chi connectivity index (χ0) is 17.3. The minimum atomic E-state index is -0.425. The summed E-state index contributed by atoms with van der Waals surface area (Å²) in [7, 11) is 0. The summed E-state index contributed by atoms with van der Waals surface area (Å²) in [6, 6.07) is 11.0. The first kappa shape index (κ1) is 17.6. The average Bonchev–Trinajstić information content (AvgIpc) is 3.00. The van der Waals surface area contributed by atoms with Gasteiger partial charge in [0.25, 0.3) is 5.91 Å². The Balaban J connectivity index is 1.82. The number of carbonyl (C=O) groups excluding carboxylic acids is 1. The summed E-state index contributed by atoms with van der Waals surface area (Å²) in [6.07, 6.45) is 0. The predicted octanol–water partition coefficient (Wildman–Crippen LogP) is 6.06. The number of benzene rings is 2. The normalized spacial score (nSPS) is 10.6. The molecule has 0 spiro atoms. The minimum Gasteiger partial charge on any atom is -0.506 e. The summed E-state index contributed by atoms with van der Waals surface area (Å²) in [5, 5.41) is 15.1. The van der Waals surface area contributed by atoms with Crippen molar-refractivity contribution in [3.8, 4) is 17.0 Å². The van der Waals surface area contributed by atoms with Crippen molar-refractivity contribution in [3.05, 3.63) is 60.8 Å². The van der Waals surface area contributed by atoms with E-state index in [1.165, 1.54) is 11.3 Å². The van der Waals surface area contributed by atoms with Gasteiger partial charge in [-0.15, -0.1) is 11.3 Å². The molecule has 122 valence electrons. The van der Waals surface area contributed by atoms with E-state index in [-0.39, 0.29) is 11.3 Å². The first-order chi connectivity index (χ1) is 11.4. The van der Waals surface area contributed by atoms with Crippen LogP contribution in [0.15, 0.2) is 55.2 Å². The monoisotopic (exact) mass is 530 g/mol. The van der Waals surface area contributed by atoms with E-state index in [0.717, 1.165) is 15.7 Å². The van der Waals surface area contributed by atoms with Crippen molar-refractivity contribution in [3.63, 3.8) is 0 Å². The van der Waals surface area contributed by atoms with Gasteiger partial charge in [-0.1, -0.05) is 44.0 Å². The van der Waals surface area contributed by atoms with Gasteiger partial charge in [0.2, 0.25) is 0 Å². The Morgan fingerprint density at radius 3 is 2.50 bits per heavy atom. The van der Waals surface area contributed by atoms with Crippen molar-refractivity contribution in [2.45, 2.75) is 0 Å². The summed E-state index contributed by atoms with van der Waals surface area (Å²) in [5.74, 6) is -0.536. The number of anilines is 1. The number of hydrogen-bond acceptors (Lipinski definition) is 4. The molecule has 0 saturated carbocycles. The van der Waals surface area contributed by atoms with Crippen molar-refractivity contribution >= 4 is 70.2 Å². The van der Waals surface area contributed by atoms with Gasteiger partial charge in [-0.05, 0) is 40.2 Å². The molecule has 0 bridgehead atoms. The van der Waals surface area contributed by atoms with Gasteiger partial charge >= 0.3 is 0 Å². The number of nitrogens with one attached hydrogen (secondary N) is 1. The van der Waals surface area contributed by atoms with Crippen molar-refractivity contribution in [1.29, 1.82) is 0 Å². The number of rotatable bonds is 3. The van der Waals surface area contributed by atoms with Crippen LogP contribution in [-0.4, -0.2) is 16.0 Å². The smallest absolute Gasteiger partial charge is 0.261 e.